The van der Waals surface area contributed by atoms with Crippen molar-refractivity contribution in [2.45, 2.75) is 22.3 Å². The minimum atomic E-state index is -3.67. The van der Waals surface area contributed by atoms with Gasteiger partial charge >= 0.3 is 11.8 Å². The van der Waals surface area contributed by atoms with E-state index >= 15 is 0 Å². The van der Waals surface area contributed by atoms with Crippen LogP contribution in [0.4, 0.5) is 0 Å². The highest BCUT2D eigenvalue weighted by Gasteiger charge is 2.31. The number of sulfone groups is 1. The first-order chi connectivity index (χ1) is 14.5. The highest BCUT2D eigenvalue weighted by atomic mass is 32.2. The molecular weight excluding hydrogens is 440 g/mol. The van der Waals surface area contributed by atoms with Crippen molar-refractivity contribution in [2.75, 3.05) is 13.1 Å². The number of rotatable bonds is 9. The van der Waals surface area contributed by atoms with Crippen molar-refractivity contribution >= 4 is 44.3 Å². The number of hydrogen-bond acceptors (Lipinski definition) is 6. The Hall–Kier alpha value is -2.49. The number of amides is 2. The first-order valence-electron chi connectivity index (χ1n) is 9.39. The molecule has 158 valence electrons. The second-order valence-electron chi connectivity index (χ2n) is 6.54. The Kier molecular flexibility index (Phi) is 7.78. The molecule has 2 aromatic heterocycles. The van der Waals surface area contributed by atoms with Crippen LogP contribution in [0.3, 0.4) is 0 Å². The van der Waals surface area contributed by atoms with Crippen LogP contribution < -0.4 is 10.6 Å². The molecule has 3 aromatic rings. The molecule has 1 aromatic carbocycles. The van der Waals surface area contributed by atoms with Crippen LogP contribution in [0.15, 0.2) is 69.6 Å². The molecule has 9 heteroatoms. The summed E-state index contributed by atoms with van der Waals surface area (Å²) in [5, 5.41) is 7.60. The van der Waals surface area contributed by atoms with Gasteiger partial charge in [-0.15, -0.1) is 22.7 Å². The van der Waals surface area contributed by atoms with Gasteiger partial charge in [0.05, 0.1) is 0 Å². The maximum Gasteiger partial charge on any atom is 0.309 e. The Balaban J connectivity index is 1.53. The SMILES string of the molecule is O=C(NCCCc1ccccc1)C(=O)NCC(c1cccs1)S(=O)(=O)c1cccs1. The molecule has 1 unspecified atom stereocenters. The van der Waals surface area contributed by atoms with E-state index in [1.807, 2.05) is 30.3 Å². The smallest absolute Gasteiger partial charge is 0.309 e. The largest absolute Gasteiger partial charge is 0.348 e. The predicted octanol–water partition coefficient (Wildman–Crippen LogP) is 3.19. The van der Waals surface area contributed by atoms with Crippen LogP contribution in [-0.4, -0.2) is 33.3 Å². The molecule has 0 aliphatic carbocycles. The van der Waals surface area contributed by atoms with E-state index in [2.05, 4.69) is 10.6 Å². The number of aryl methyl sites for hydroxylation is 1. The molecule has 0 saturated carbocycles. The molecule has 3 rings (SSSR count). The van der Waals surface area contributed by atoms with Crippen LogP contribution in [-0.2, 0) is 25.8 Å². The molecule has 0 aliphatic rings. The summed E-state index contributed by atoms with van der Waals surface area (Å²) in [4.78, 5) is 24.9. The number of benzene rings is 1. The average Bonchev–Trinajstić information content (AvgIpc) is 3.46. The van der Waals surface area contributed by atoms with Crippen LogP contribution in [0.25, 0.3) is 0 Å². The van der Waals surface area contributed by atoms with Gasteiger partial charge < -0.3 is 10.6 Å². The minimum absolute atomic E-state index is 0.170. The second kappa shape index (κ2) is 10.5. The Labute approximate surface area is 183 Å². The summed E-state index contributed by atoms with van der Waals surface area (Å²) in [6.07, 6.45) is 1.50. The third-order valence-electron chi connectivity index (χ3n) is 4.44. The molecule has 2 heterocycles. The van der Waals surface area contributed by atoms with Crippen LogP contribution in [0.1, 0.15) is 22.1 Å². The molecule has 6 nitrogen and oxygen atoms in total. The standard InChI is InChI=1S/C21H22N2O4S3/c24-20(22-12-4-9-16-7-2-1-3-8-16)21(25)23-15-18(17-10-5-13-28-17)30(26,27)19-11-6-14-29-19/h1-3,5-8,10-11,13-14,18H,4,9,12,15H2,(H,22,24)(H,23,25). The summed E-state index contributed by atoms with van der Waals surface area (Å²) >= 11 is 2.44. The first-order valence-corrected chi connectivity index (χ1v) is 12.7. The molecule has 1 atom stereocenters. The minimum Gasteiger partial charge on any atom is -0.348 e. The Morgan fingerprint density at radius 3 is 2.23 bits per heavy atom. The molecule has 2 N–H and O–H groups in total. The summed E-state index contributed by atoms with van der Waals surface area (Å²) in [5.74, 6) is -1.60. The first kappa shape index (κ1) is 22.2. The molecule has 0 saturated heterocycles. The van der Waals surface area contributed by atoms with E-state index < -0.39 is 26.9 Å². The maximum absolute atomic E-state index is 13.0. The number of thiophene rings is 2. The summed E-state index contributed by atoms with van der Waals surface area (Å²) in [5.41, 5.74) is 1.16. The topological polar surface area (TPSA) is 92.3 Å². The molecular formula is C21H22N2O4S3. The van der Waals surface area contributed by atoms with Gasteiger partial charge in [-0.25, -0.2) is 8.42 Å². The van der Waals surface area contributed by atoms with E-state index in [1.54, 1.807) is 35.0 Å². The molecule has 0 radical (unpaired) electrons. The Morgan fingerprint density at radius 2 is 1.57 bits per heavy atom. The number of nitrogens with one attached hydrogen (secondary N) is 2. The molecule has 0 aliphatic heterocycles. The summed E-state index contributed by atoms with van der Waals surface area (Å²) in [7, 11) is -3.67. The normalized spacial score (nSPS) is 12.3. The van der Waals surface area contributed by atoms with Crippen LogP contribution in [0, 0.1) is 0 Å². The van der Waals surface area contributed by atoms with E-state index in [-0.39, 0.29) is 10.8 Å². The van der Waals surface area contributed by atoms with Crippen LogP contribution in [0.2, 0.25) is 0 Å². The molecule has 0 bridgehead atoms. The number of carbonyl (C=O) groups is 2. The zero-order valence-corrected chi connectivity index (χ0v) is 18.6. The van der Waals surface area contributed by atoms with E-state index in [0.29, 0.717) is 17.8 Å². The van der Waals surface area contributed by atoms with Gasteiger partial charge in [0, 0.05) is 18.0 Å². The van der Waals surface area contributed by atoms with Gasteiger partial charge in [0.2, 0.25) is 0 Å². The van der Waals surface area contributed by atoms with E-state index in [1.165, 1.54) is 11.3 Å². The Bertz CT molecular complexity index is 1050. The van der Waals surface area contributed by atoms with E-state index in [9.17, 15) is 18.0 Å². The fraction of sp³-hybridized carbons (Fsp3) is 0.238. The molecule has 30 heavy (non-hydrogen) atoms. The van der Waals surface area contributed by atoms with Crippen molar-refractivity contribution in [1.82, 2.24) is 10.6 Å². The number of hydrogen-bond donors (Lipinski definition) is 2. The van der Waals surface area contributed by atoms with Gasteiger partial charge in [-0.05, 0) is 41.3 Å². The lowest BCUT2D eigenvalue weighted by atomic mass is 10.1. The number of carbonyl (C=O) groups excluding carboxylic acids is 2. The molecule has 0 spiro atoms. The quantitative estimate of drug-likeness (QED) is 0.377. The summed E-state index contributed by atoms with van der Waals surface area (Å²) < 4.78 is 26.2. The Morgan fingerprint density at radius 1 is 0.867 bits per heavy atom. The lowest BCUT2D eigenvalue weighted by Gasteiger charge is -2.16. The van der Waals surface area contributed by atoms with Crippen molar-refractivity contribution in [2.24, 2.45) is 0 Å². The summed E-state index contributed by atoms with van der Waals surface area (Å²) in [6, 6.07) is 16.6. The predicted molar refractivity (Wildman–Crippen MR) is 119 cm³/mol. The van der Waals surface area contributed by atoms with Crippen LogP contribution in [0.5, 0.6) is 0 Å². The summed E-state index contributed by atoms with van der Waals surface area (Å²) in [6.45, 7) is 0.194. The van der Waals surface area contributed by atoms with Gasteiger partial charge in [-0.3, -0.25) is 9.59 Å². The van der Waals surface area contributed by atoms with Gasteiger partial charge in [0.25, 0.3) is 0 Å². The van der Waals surface area contributed by atoms with Gasteiger partial charge in [0.1, 0.15) is 9.46 Å². The van der Waals surface area contributed by atoms with Crippen molar-refractivity contribution < 1.29 is 18.0 Å². The van der Waals surface area contributed by atoms with E-state index in [0.717, 1.165) is 23.3 Å². The highest BCUT2D eigenvalue weighted by Crippen LogP contribution is 2.33. The zero-order valence-electron chi connectivity index (χ0n) is 16.1. The van der Waals surface area contributed by atoms with Crippen molar-refractivity contribution in [1.29, 1.82) is 0 Å². The van der Waals surface area contributed by atoms with Gasteiger partial charge in [-0.2, -0.15) is 0 Å². The van der Waals surface area contributed by atoms with Crippen LogP contribution >= 0.6 is 22.7 Å². The molecule has 2 amide bonds. The fourth-order valence-corrected chi connectivity index (χ4v) is 6.88. The lowest BCUT2D eigenvalue weighted by molar-refractivity contribution is -0.139. The second-order valence-corrected chi connectivity index (χ2v) is 10.8. The molecule has 0 fully saturated rings. The monoisotopic (exact) mass is 462 g/mol. The van der Waals surface area contributed by atoms with Crippen molar-refractivity contribution in [3.05, 3.63) is 75.8 Å². The third kappa shape index (κ3) is 5.78. The van der Waals surface area contributed by atoms with Gasteiger partial charge in [-0.1, -0.05) is 42.5 Å². The maximum atomic E-state index is 13.0. The zero-order chi connectivity index (χ0) is 21.4. The average molecular weight is 463 g/mol. The van der Waals surface area contributed by atoms with Crippen molar-refractivity contribution in [3.63, 3.8) is 0 Å². The van der Waals surface area contributed by atoms with Crippen molar-refractivity contribution in [3.8, 4) is 0 Å². The fourth-order valence-electron chi connectivity index (χ4n) is 2.89. The lowest BCUT2D eigenvalue weighted by Crippen LogP contribution is -2.42. The van der Waals surface area contributed by atoms with Gasteiger partial charge in [0.15, 0.2) is 9.84 Å². The third-order valence-corrected chi connectivity index (χ3v) is 9.08. The highest BCUT2D eigenvalue weighted by molar-refractivity contribution is 7.93. The van der Waals surface area contributed by atoms with E-state index in [4.69, 9.17) is 0 Å².